The average molecular weight is 288 g/mol. The highest BCUT2D eigenvalue weighted by molar-refractivity contribution is 5.76. The number of benzene rings is 2. The smallest absolute Gasteiger partial charge is 0.0132 e. The molecule has 22 heavy (non-hydrogen) atoms. The molecule has 0 aromatic heterocycles. The highest BCUT2D eigenvalue weighted by atomic mass is 14.2. The van der Waals surface area contributed by atoms with E-state index in [4.69, 9.17) is 0 Å². The standard InChI is InChI=1S/C22H24/c1-6-17-8-12-19(7-2)20(16-17)13-9-18-10-14-21(15-11-18)22(3,4)5/h6-16H,1-2H2,3-5H3. The largest absolute Gasteiger partial charge is 0.0985 e. The summed E-state index contributed by atoms with van der Waals surface area (Å²) in [5.41, 5.74) is 6.15. The highest BCUT2D eigenvalue weighted by Gasteiger charge is 2.12. The number of hydrogen-bond donors (Lipinski definition) is 0. The molecule has 0 aliphatic heterocycles. The van der Waals surface area contributed by atoms with Crippen LogP contribution in [0.3, 0.4) is 0 Å². The lowest BCUT2D eigenvalue weighted by Crippen LogP contribution is -2.10. The van der Waals surface area contributed by atoms with E-state index in [-0.39, 0.29) is 5.41 Å². The topological polar surface area (TPSA) is 0 Å². The third kappa shape index (κ3) is 3.85. The molecule has 0 radical (unpaired) electrons. The molecule has 0 bridgehead atoms. The quantitative estimate of drug-likeness (QED) is 0.568. The lowest BCUT2D eigenvalue weighted by atomic mass is 9.86. The first-order valence-corrected chi connectivity index (χ1v) is 7.61. The Hall–Kier alpha value is -2.34. The van der Waals surface area contributed by atoms with Crippen LogP contribution >= 0.6 is 0 Å². The number of hydrogen-bond acceptors (Lipinski definition) is 0. The van der Waals surface area contributed by atoms with Crippen LogP contribution in [0.2, 0.25) is 0 Å². The van der Waals surface area contributed by atoms with Gasteiger partial charge in [0.05, 0.1) is 0 Å². The predicted molar refractivity (Wildman–Crippen MR) is 101 cm³/mol. The van der Waals surface area contributed by atoms with Gasteiger partial charge in [-0.05, 0) is 39.3 Å². The van der Waals surface area contributed by atoms with Crippen LogP contribution in [0, 0.1) is 0 Å². The lowest BCUT2D eigenvalue weighted by molar-refractivity contribution is 0.590. The van der Waals surface area contributed by atoms with Gasteiger partial charge in [-0.2, -0.15) is 0 Å². The molecule has 0 aliphatic carbocycles. The van der Waals surface area contributed by atoms with Crippen LogP contribution < -0.4 is 0 Å². The molecular weight excluding hydrogens is 264 g/mol. The Morgan fingerprint density at radius 2 is 1.36 bits per heavy atom. The first kappa shape index (κ1) is 16.0. The maximum atomic E-state index is 3.88. The monoisotopic (exact) mass is 288 g/mol. The second-order valence-corrected chi connectivity index (χ2v) is 6.50. The molecule has 0 heterocycles. The molecule has 0 saturated carbocycles. The zero-order chi connectivity index (χ0) is 16.2. The van der Waals surface area contributed by atoms with Gasteiger partial charge < -0.3 is 0 Å². The van der Waals surface area contributed by atoms with E-state index in [0.717, 1.165) is 16.7 Å². The fourth-order valence-electron chi connectivity index (χ4n) is 2.33. The first-order valence-electron chi connectivity index (χ1n) is 7.61. The van der Waals surface area contributed by atoms with Gasteiger partial charge in [-0.3, -0.25) is 0 Å². The van der Waals surface area contributed by atoms with Crippen molar-refractivity contribution in [2.24, 2.45) is 0 Å². The van der Waals surface area contributed by atoms with Crippen molar-refractivity contribution in [3.05, 3.63) is 83.4 Å². The SMILES string of the molecule is C=Cc1ccc(C=C)c(C=Cc2ccc(C(C)(C)C)cc2)c1. The minimum absolute atomic E-state index is 0.191. The van der Waals surface area contributed by atoms with E-state index >= 15 is 0 Å². The maximum Gasteiger partial charge on any atom is -0.0132 e. The zero-order valence-corrected chi connectivity index (χ0v) is 13.8. The third-order valence-electron chi connectivity index (χ3n) is 3.80. The Bertz CT molecular complexity index is 692. The van der Waals surface area contributed by atoms with Gasteiger partial charge in [0.25, 0.3) is 0 Å². The normalized spacial score (nSPS) is 11.6. The van der Waals surface area contributed by atoms with E-state index in [9.17, 15) is 0 Å². The van der Waals surface area contributed by atoms with Gasteiger partial charge in [0.1, 0.15) is 0 Å². The van der Waals surface area contributed by atoms with Crippen molar-refractivity contribution in [3.63, 3.8) is 0 Å². The van der Waals surface area contributed by atoms with Gasteiger partial charge in [-0.25, -0.2) is 0 Å². The molecule has 0 N–H and O–H groups in total. The molecule has 0 amide bonds. The summed E-state index contributed by atoms with van der Waals surface area (Å²) in [7, 11) is 0. The van der Waals surface area contributed by atoms with E-state index in [2.05, 4.69) is 88.5 Å². The lowest BCUT2D eigenvalue weighted by Gasteiger charge is -2.18. The van der Waals surface area contributed by atoms with Crippen molar-refractivity contribution in [3.8, 4) is 0 Å². The molecule has 112 valence electrons. The van der Waals surface area contributed by atoms with Crippen molar-refractivity contribution in [1.82, 2.24) is 0 Å². The maximum absolute atomic E-state index is 3.88. The predicted octanol–water partition coefficient (Wildman–Crippen LogP) is 6.44. The summed E-state index contributed by atoms with van der Waals surface area (Å²) in [4.78, 5) is 0. The minimum Gasteiger partial charge on any atom is -0.0985 e. The third-order valence-corrected chi connectivity index (χ3v) is 3.80. The van der Waals surface area contributed by atoms with Crippen LogP contribution in [0.5, 0.6) is 0 Å². The van der Waals surface area contributed by atoms with Gasteiger partial charge in [0, 0.05) is 0 Å². The van der Waals surface area contributed by atoms with Crippen LogP contribution in [-0.4, -0.2) is 0 Å². The van der Waals surface area contributed by atoms with Crippen LogP contribution in [-0.2, 0) is 5.41 Å². The molecule has 0 heteroatoms. The molecule has 2 aromatic carbocycles. The summed E-state index contributed by atoms with van der Waals surface area (Å²) >= 11 is 0. The van der Waals surface area contributed by atoms with E-state index in [1.54, 1.807) is 0 Å². The second kappa shape index (κ2) is 6.62. The van der Waals surface area contributed by atoms with Gasteiger partial charge >= 0.3 is 0 Å². The first-order chi connectivity index (χ1) is 10.4. The summed E-state index contributed by atoms with van der Waals surface area (Å²) < 4.78 is 0. The summed E-state index contributed by atoms with van der Waals surface area (Å²) in [6, 6.07) is 15.0. The molecule has 0 nitrogen and oxygen atoms in total. The molecule has 0 atom stereocenters. The van der Waals surface area contributed by atoms with Gasteiger partial charge in [-0.1, -0.05) is 94.6 Å². The van der Waals surface area contributed by atoms with Gasteiger partial charge in [0.15, 0.2) is 0 Å². The molecule has 2 rings (SSSR count). The Kier molecular flexibility index (Phi) is 4.82. The molecule has 0 fully saturated rings. The number of rotatable bonds is 4. The van der Waals surface area contributed by atoms with Gasteiger partial charge in [-0.15, -0.1) is 0 Å². The summed E-state index contributed by atoms with van der Waals surface area (Å²) in [5, 5.41) is 0. The van der Waals surface area contributed by atoms with Crippen LogP contribution in [0.25, 0.3) is 24.3 Å². The summed E-state index contributed by atoms with van der Waals surface area (Å²) in [6.07, 6.45) is 8.02. The fourth-order valence-corrected chi connectivity index (χ4v) is 2.33. The van der Waals surface area contributed by atoms with Crippen molar-refractivity contribution in [1.29, 1.82) is 0 Å². The van der Waals surface area contributed by atoms with E-state index in [1.165, 1.54) is 11.1 Å². The molecule has 2 aromatic rings. The Morgan fingerprint density at radius 1 is 0.727 bits per heavy atom. The molecular formula is C22H24. The van der Waals surface area contributed by atoms with Crippen molar-refractivity contribution >= 4 is 24.3 Å². The Morgan fingerprint density at radius 3 is 1.91 bits per heavy atom. The molecule has 0 aliphatic rings. The van der Waals surface area contributed by atoms with Crippen molar-refractivity contribution in [2.75, 3.05) is 0 Å². The molecule has 0 saturated heterocycles. The molecule has 0 spiro atoms. The summed E-state index contributed by atoms with van der Waals surface area (Å²) in [6.45, 7) is 14.4. The molecule has 0 unspecified atom stereocenters. The van der Waals surface area contributed by atoms with Crippen molar-refractivity contribution < 1.29 is 0 Å². The average Bonchev–Trinajstić information content (AvgIpc) is 2.52. The highest BCUT2D eigenvalue weighted by Crippen LogP contribution is 2.23. The van der Waals surface area contributed by atoms with Gasteiger partial charge in [0.2, 0.25) is 0 Å². The van der Waals surface area contributed by atoms with Crippen LogP contribution in [0.4, 0.5) is 0 Å². The van der Waals surface area contributed by atoms with Crippen LogP contribution in [0.1, 0.15) is 48.6 Å². The Labute approximate surface area is 134 Å². The Balaban J connectivity index is 2.28. The minimum atomic E-state index is 0.191. The fraction of sp³-hybridized carbons (Fsp3) is 0.182. The van der Waals surface area contributed by atoms with E-state index < -0.39 is 0 Å². The second-order valence-electron chi connectivity index (χ2n) is 6.50. The van der Waals surface area contributed by atoms with E-state index in [1.807, 2.05) is 12.2 Å². The zero-order valence-electron chi connectivity index (χ0n) is 13.8. The van der Waals surface area contributed by atoms with Crippen molar-refractivity contribution in [2.45, 2.75) is 26.2 Å². The summed E-state index contributed by atoms with van der Waals surface area (Å²) in [5.74, 6) is 0. The van der Waals surface area contributed by atoms with E-state index in [0.29, 0.717) is 0 Å². The van der Waals surface area contributed by atoms with Crippen LogP contribution in [0.15, 0.2) is 55.6 Å².